The zero-order chi connectivity index (χ0) is 20.4. The number of aromatic nitrogens is 3. The van der Waals surface area contributed by atoms with Gasteiger partial charge in [0.15, 0.2) is 4.90 Å². The van der Waals surface area contributed by atoms with Crippen LogP contribution in [0.5, 0.6) is 6.01 Å². The maximum Gasteiger partial charge on any atom is 0.391 e. The molecule has 15 heteroatoms. The van der Waals surface area contributed by atoms with Crippen LogP contribution in [-0.4, -0.2) is 55.8 Å². The van der Waals surface area contributed by atoms with Crippen molar-refractivity contribution in [1.82, 2.24) is 19.2 Å². The van der Waals surface area contributed by atoms with Gasteiger partial charge < -0.3 is 18.7 Å². The molecule has 0 radical (unpaired) electrons. The van der Waals surface area contributed by atoms with Crippen LogP contribution in [0.25, 0.3) is 0 Å². The fourth-order valence-electron chi connectivity index (χ4n) is 1.88. The maximum atomic E-state index is 12.5. The van der Waals surface area contributed by atoms with E-state index in [1.165, 1.54) is 11.6 Å². The second-order valence-corrected chi connectivity index (χ2v) is 6.50. The summed E-state index contributed by atoms with van der Waals surface area (Å²) in [5.74, 6) is -1.04. The van der Waals surface area contributed by atoms with Gasteiger partial charge in [-0.15, -0.1) is 9.78 Å². The SMILES string of the molecule is CCOC(=O)c1coc(Cl)c1S(=O)(=O)NC(=O)n1nc(OC)n(OC)c1=O. The Morgan fingerprint density at radius 2 is 2.04 bits per heavy atom. The minimum atomic E-state index is -4.74. The van der Waals surface area contributed by atoms with Gasteiger partial charge in [-0.2, -0.15) is 0 Å². The van der Waals surface area contributed by atoms with Gasteiger partial charge in [0, 0.05) is 0 Å². The van der Waals surface area contributed by atoms with Crippen molar-refractivity contribution in [3.8, 4) is 6.01 Å². The largest absolute Gasteiger partial charge is 0.465 e. The summed E-state index contributed by atoms with van der Waals surface area (Å²) in [6.45, 7) is 1.46. The van der Waals surface area contributed by atoms with E-state index in [1.54, 1.807) is 0 Å². The fraction of sp³-hybridized carbons (Fsp3) is 0.333. The van der Waals surface area contributed by atoms with E-state index in [0.29, 0.717) is 4.73 Å². The molecule has 13 nitrogen and oxygen atoms in total. The number of carbonyl (C=O) groups is 2. The molecule has 0 unspecified atom stereocenters. The smallest absolute Gasteiger partial charge is 0.391 e. The minimum Gasteiger partial charge on any atom is -0.465 e. The second kappa shape index (κ2) is 7.71. The van der Waals surface area contributed by atoms with Gasteiger partial charge in [-0.3, -0.25) is 0 Å². The first-order valence-corrected chi connectivity index (χ1v) is 8.85. The van der Waals surface area contributed by atoms with Gasteiger partial charge in [0.2, 0.25) is 5.22 Å². The van der Waals surface area contributed by atoms with Gasteiger partial charge in [0.05, 0.1) is 13.7 Å². The average molecular weight is 425 g/mol. The molecular weight excluding hydrogens is 412 g/mol. The first kappa shape index (κ1) is 20.3. The fourth-order valence-corrected chi connectivity index (χ4v) is 3.43. The van der Waals surface area contributed by atoms with Crippen molar-refractivity contribution in [1.29, 1.82) is 0 Å². The average Bonchev–Trinajstić information content (AvgIpc) is 3.14. The van der Waals surface area contributed by atoms with E-state index in [9.17, 15) is 22.8 Å². The molecule has 2 aromatic rings. The normalized spacial score (nSPS) is 11.1. The number of methoxy groups -OCH3 is 1. The summed E-state index contributed by atoms with van der Waals surface area (Å²) in [5, 5.41) is 2.78. The third-order valence-corrected chi connectivity index (χ3v) is 4.74. The molecule has 0 bridgehead atoms. The van der Waals surface area contributed by atoms with E-state index in [-0.39, 0.29) is 11.3 Å². The summed E-state index contributed by atoms with van der Waals surface area (Å²) in [6, 6.07) is -1.90. The topological polar surface area (TPSA) is 161 Å². The number of furan rings is 1. The van der Waals surface area contributed by atoms with Crippen molar-refractivity contribution in [2.75, 3.05) is 20.8 Å². The Kier molecular flexibility index (Phi) is 5.80. The van der Waals surface area contributed by atoms with E-state index >= 15 is 0 Å². The molecule has 1 amide bonds. The molecule has 0 aliphatic rings. The van der Waals surface area contributed by atoms with E-state index < -0.39 is 49.4 Å². The number of ether oxygens (including phenoxy) is 2. The molecule has 0 saturated carbocycles. The van der Waals surface area contributed by atoms with Crippen LogP contribution in [0.3, 0.4) is 0 Å². The van der Waals surface area contributed by atoms with Crippen LogP contribution in [0.4, 0.5) is 4.79 Å². The minimum absolute atomic E-state index is 0.0445. The van der Waals surface area contributed by atoms with Crippen molar-refractivity contribution in [2.24, 2.45) is 0 Å². The molecule has 2 heterocycles. The van der Waals surface area contributed by atoms with Gasteiger partial charge in [-0.25, -0.2) is 27.5 Å². The number of nitrogens with one attached hydrogen (secondary N) is 1. The van der Waals surface area contributed by atoms with Gasteiger partial charge in [0.1, 0.15) is 18.9 Å². The van der Waals surface area contributed by atoms with Crippen LogP contribution in [0, 0.1) is 0 Å². The van der Waals surface area contributed by atoms with Crippen molar-refractivity contribution in [3.05, 3.63) is 27.5 Å². The Morgan fingerprint density at radius 1 is 1.37 bits per heavy atom. The van der Waals surface area contributed by atoms with Gasteiger partial charge in [0.25, 0.3) is 10.0 Å². The lowest BCUT2D eigenvalue weighted by Gasteiger charge is -2.06. The number of nitrogens with zero attached hydrogens (tertiary/aromatic N) is 3. The zero-order valence-electron chi connectivity index (χ0n) is 14.1. The maximum absolute atomic E-state index is 12.5. The third kappa shape index (κ3) is 3.75. The lowest BCUT2D eigenvalue weighted by Crippen LogP contribution is -2.41. The molecule has 0 fully saturated rings. The number of halogens is 1. The number of carbonyl (C=O) groups excluding carboxylic acids is 2. The molecule has 0 aromatic carbocycles. The van der Waals surface area contributed by atoms with Crippen molar-refractivity contribution in [2.45, 2.75) is 11.8 Å². The molecule has 2 aromatic heterocycles. The van der Waals surface area contributed by atoms with Crippen molar-refractivity contribution in [3.63, 3.8) is 0 Å². The summed E-state index contributed by atoms with van der Waals surface area (Å²) < 4.78 is 41.3. The molecule has 0 saturated heterocycles. The summed E-state index contributed by atoms with van der Waals surface area (Å²) in [4.78, 5) is 39.9. The molecule has 0 aliphatic carbocycles. The molecule has 0 spiro atoms. The summed E-state index contributed by atoms with van der Waals surface area (Å²) >= 11 is 5.68. The Hall–Kier alpha value is -3.00. The number of hydrogen-bond donors (Lipinski definition) is 1. The Bertz CT molecular complexity index is 1040. The molecule has 2 rings (SSSR count). The Balaban J connectivity index is 2.42. The van der Waals surface area contributed by atoms with Gasteiger partial charge in [-0.05, 0) is 18.5 Å². The molecule has 148 valence electrons. The van der Waals surface area contributed by atoms with Crippen LogP contribution in [0.2, 0.25) is 5.22 Å². The first-order valence-electron chi connectivity index (χ1n) is 6.99. The standard InChI is InChI=1S/C12H13ClN4O9S/c1-4-25-9(18)6-5-26-8(13)7(6)27(21,22)15-10(19)16-12(20)17(24-3)11(14-16)23-2/h5H,4H2,1-3H3,(H,15,19). The summed E-state index contributed by atoms with van der Waals surface area (Å²) in [7, 11) is -2.49. The van der Waals surface area contributed by atoms with Gasteiger partial charge in [-0.1, -0.05) is 4.73 Å². The van der Waals surface area contributed by atoms with Crippen LogP contribution >= 0.6 is 11.6 Å². The monoisotopic (exact) mass is 424 g/mol. The van der Waals surface area contributed by atoms with Crippen LogP contribution in [0.15, 0.2) is 20.4 Å². The predicted octanol–water partition coefficient (Wildman–Crippen LogP) is -0.519. The second-order valence-electron chi connectivity index (χ2n) is 4.54. The highest BCUT2D eigenvalue weighted by atomic mass is 35.5. The van der Waals surface area contributed by atoms with E-state index in [0.717, 1.165) is 20.5 Å². The summed E-state index contributed by atoms with van der Waals surface area (Å²) in [6.07, 6.45) is 0.758. The number of hydrogen-bond acceptors (Lipinski definition) is 10. The highest BCUT2D eigenvalue weighted by Gasteiger charge is 2.33. The molecule has 0 atom stereocenters. The van der Waals surface area contributed by atoms with Crippen LogP contribution in [0.1, 0.15) is 17.3 Å². The number of rotatable bonds is 6. The van der Waals surface area contributed by atoms with Crippen LogP contribution in [-0.2, 0) is 14.8 Å². The molecule has 27 heavy (non-hydrogen) atoms. The van der Waals surface area contributed by atoms with Crippen molar-refractivity contribution >= 4 is 33.6 Å². The number of amides is 1. The van der Waals surface area contributed by atoms with Gasteiger partial charge >= 0.3 is 23.7 Å². The highest BCUT2D eigenvalue weighted by molar-refractivity contribution is 7.90. The van der Waals surface area contributed by atoms with E-state index in [1.807, 2.05) is 0 Å². The number of sulfonamides is 1. The predicted molar refractivity (Wildman–Crippen MR) is 86.3 cm³/mol. The van der Waals surface area contributed by atoms with Crippen LogP contribution < -0.4 is 20.0 Å². The number of esters is 1. The Labute approximate surface area is 156 Å². The van der Waals surface area contributed by atoms with E-state index in [2.05, 4.69) is 9.94 Å². The molecule has 0 aliphatic heterocycles. The van der Waals surface area contributed by atoms with E-state index in [4.69, 9.17) is 25.5 Å². The lowest BCUT2D eigenvalue weighted by molar-refractivity contribution is 0.0521. The lowest BCUT2D eigenvalue weighted by atomic mass is 10.3. The summed E-state index contributed by atoms with van der Waals surface area (Å²) in [5.41, 5.74) is -1.68. The highest BCUT2D eigenvalue weighted by Crippen LogP contribution is 2.28. The quantitative estimate of drug-likeness (QED) is 0.597. The Morgan fingerprint density at radius 3 is 2.56 bits per heavy atom. The first-order chi connectivity index (χ1) is 12.7. The third-order valence-electron chi connectivity index (χ3n) is 2.96. The molecule has 1 N–H and O–H groups in total. The molecular formula is C12H13ClN4O9S. The zero-order valence-corrected chi connectivity index (χ0v) is 15.7. The van der Waals surface area contributed by atoms with Crippen molar-refractivity contribution < 1.29 is 36.7 Å².